The molecular formula is C10H8BrClN4O2. The number of halogens is 2. The first kappa shape index (κ1) is 13.0. The number of hydrogen-bond donors (Lipinski definition) is 0. The molecule has 0 aliphatic heterocycles. The van der Waals surface area contributed by atoms with Crippen LogP contribution in [-0.2, 0) is 6.42 Å². The van der Waals surface area contributed by atoms with Crippen LogP contribution in [0.5, 0.6) is 0 Å². The van der Waals surface area contributed by atoms with Gasteiger partial charge in [-0.05, 0) is 6.07 Å². The van der Waals surface area contributed by atoms with Gasteiger partial charge in [0.1, 0.15) is 0 Å². The fourth-order valence-electron chi connectivity index (χ4n) is 1.42. The molecule has 0 saturated carbocycles. The third-order valence-corrected chi connectivity index (χ3v) is 2.98. The van der Waals surface area contributed by atoms with Crippen molar-refractivity contribution in [1.82, 2.24) is 15.0 Å². The molecule has 94 valence electrons. The molecule has 2 rings (SSSR count). The Kier molecular flexibility index (Phi) is 3.93. The molecule has 0 saturated heterocycles. The molecule has 2 aromatic rings. The van der Waals surface area contributed by atoms with Crippen molar-refractivity contribution in [3.63, 3.8) is 0 Å². The summed E-state index contributed by atoms with van der Waals surface area (Å²) in [4.78, 5) is 10.1. The molecule has 0 aliphatic rings. The van der Waals surface area contributed by atoms with Gasteiger partial charge < -0.3 is 0 Å². The summed E-state index contributed by atoms with van der Waals surface area (Å²) in [5.74, 6) is 0. The summed E-state index contributed by atoms with van der Waals surface area (Å²) in [6.07, 6.45) is 2.50. The highest BCUT2D eigenvalue weighted by molar-refractivity contribution is 9.09. The number of nitro groups is 1. The van der Waals surface area contributed by atoms with Gasteiger partial charge in [-0.25, -0.2) is 4.68 Å². The lowest BCUT2D eigenvalue weighted by atomic mass is 10.3. The molecule has 0 atom stereocenters. The number of benzene rings is 1. The van der Waals surface area contributed by atoms with E-state index in [-0.39, 0.29) is 10.7 Å². The number of rotatable bonds is 4. The van der Waals surface area contributed by atoms with Crippen LogP contribution in [0.15, 0.2) is 24.4 Å². The van der Waals surface area contributed by atoms with Crippen molar-refractivity contribution in [3.05, 3.63) is 45.2 Å². The first-order chi connectivity index (χ1) is 8.61. The minimum atomic E-state index is -0.493. The Morgan fingerprint density at radius 3 is 2.89 bits per heavy atom. The molecule has 1 aromatic heterocycles. The summed E-state index contributed by atoms with van der Waals surface area (Å²) in [5.41, 5.74) is 1.33. The molecule has 8 heteroatoms. The highest BCUT2D eigenvalue weighted by Gasteiger charge is 2.12. The summed E-state index contributed by atoms with van der Waals surface area (Å²) in [7, 11) is 0. The van der Waals surface area contributed by atoms with E-state index in [1.54, 1.807) is 12.3 Å². The van der Waals surface area contributed by atoms with Gasteiger partial charge in [-0.15, -0.1) is 5.10 Å². The Balaban J connectivity index is 2.35. The summed E-state index contributed by atoms with van der Waals surface area (Å²) in [5, 5.41) is 19.6. The highest BCUT2D eigenvalue weighted by Crippen LogP contribution is 2.25. The van der Waals surface area contributed by atoms with Crippen molar-refractivity contribution in [3.8, 4) is 5.69 Å². The Morgan fingerprint density at radius 2 is 2.28 bits per heavy atom. The Labute approximate surface area is 116 Å². The molecule has 18 heavy (non-hydrogen) atoms. The zero-order valence-corrected chi connectivity index (χ0v) is 11.4. The zero-order chi connectivity index (χ0) is 13.1. The molecule has 0 amide bonds. The topological polar surface area (TPSA) is 73.8 Å². The lowest BCUT2D eigenvalue weighted by Gasteiger charge is -2.02. The number of aryl methyl sites for hydroxylation is 1. The Hall–Kier alpha value is -1.47. The second-order valence-corrected chi connectivity index (χ2v) is 4.69. The van der Waals surface area contributed by atoms with E-state index in [2.05, 4.69) is 26.2 Å². The molecule has 0 N–H and O–H groups in total. The number of alkyl halides is 1. The second-order valence-electron chi connectivity index (χ2n) is 3.49. The highest BCUT2D eigenvalue weighted by atomic mass is 79.9. The van der Waals surface area contributed by atoms with Gasteiger partial charge in [-0.3, -0.25) is 10.1 Å². The van der Waals surface area contributed by atoms with Crippen LogP contribution in [0.25, 0.3) is 5.69 Å². The first-order valence-electron chi connectivity index (χ1n) is 5.03. The van der Waals surface area contributed by atoms with E-state index in [0.29, 0.717) is 5.69 Å². The van der Waals surface area contributed by atoms with Crippen LogP contribution in [0.2, 0.25) is 5.02 Å². The maximum Gasteiger partial charge on any atom is 0.271 e. The monoisotopic (exact) mass is 330 g/mol. The lowest BCUT2D eigenvalue weighted by Crippen LogP contribution is -1.97. The molecular weight excluding hydrogens is 323 g/mol. The maximum atomic E-state index is 10.6. The van der Waals surface area contributed by atoms with Crippen LogP contribution in [-0.4, -0.2) is 25.2 Å². The second kappa shape index (κ2) is 5.45. The molecule has 1 heterocycles. The summed E-state index contributed by atoms with van der Waals surface area (Å²) < 4.78 is 1.50. The van der Waals surface area contributed by atoms with E-state index in [1.165, 1.54) is 16.8 Å². The molecule has 0 radical (unpaired) electrons. The van der Waals surface area contributed by atoms with Gasteiger partial charge in [0.2, 0.25) is 0 Å². The van der Waals surface area contributed by atoms with Gasteiger partial charge in [0, 0.05) is 23.9 Å². The minimum absolute atomic E-state index is 0.0513. The fourth-order valence-corrected chi connectivity index (χ4v) is 2.09. The van der Waals surface area contributed by atoms with E-state index in [9.17, 15) is 10.1 Å². The van der Waals surface area contributed by atoms with Crippen LogP contribution in [0, 0.1) is 10.1 Å². The first-order valence-corrected chi connectivity index (χ1v) is 6.53. The molecule has 1 aromatic carbocycles. The van der Waals surface area contributed by atoms with Gasteiger partial charge >= 0.3 is 0 Å². The predicted octanol–water partition coefficient (Wildman–Crippen LogP) is 2.77. The molecule has 6 nitrogen and oxygen atoms in total. The summed E-state index contributed by atoms with van der Waals surface area (Å²) in [6, 6.07) is 4.23. The van der Waals surface area contributed by atoms with Crippen molar-refractivity contribution in [2.75, 3.05) is 5.33 Å². The number of aromatic nitrogens is 3. The SMILES string of the molecule is O=[N+]([O-])c1ccc(-n2cc(CCBr)nn2)c(Cl)c1. The third-order valence-electron chi connectivity index (χ3n) is 2.28. The zero-order valence-electron chi connectivity index (χ0n) is 9.08. The third kappa shape index (κ3) is 2.68. The summed E-state index contributed by atoms with van der Waals surface area (Å²) in [6.45, 7) is 0. The van der Waals surface area contributed by atoms with Gasteiger partial charge in [0.05, 0.1) is 27.5 Å². The van der Waals surface area contributed by atoms with Crippen molar-refractivity contribution in [1.29, 1.82) is 0 Å². The molecule has 0 spiro atoms. The number of nitrogens with zero attached hydrogens (tertiary/aromatic N) is 4. The van der Waals surface area contributed by atoms with E-state index in [0.717, 1.165) is 17.4 Å². The van der Waals surface area contributed by atoms with Gasteiger partial charge in [0.25, 0.3) is 5.69 Å². The van der Waals surface area contributed by atoms with E-state index >= 15 is 0 Å². The normalized spacial score (nSPS) is 10.6. The maximum absolute atomic E-state index is 10.6. The molecule has 0 unspecified atom stereocenters. The van der Waals surface area contributed by atoms with Crippen molar-refractivity contribution < 1.29 is 4.92 Å². The number of hydrogen-bond acceptors (Lipinski definition) is 4. The quantitative estimate of drug-likeness (QED) is 0.490. The van der Waals surface area contributed by atoms with Gasteiger partial charge in [-0.1, -0.05) is 32.7 Å². The minimum Gasteiger partial charge on any atom is -0.258 e. The number of nitro benzene ring substituents is 1. The van der Waals surface area contributed by atoms with E-state index in [1.807, 2.05) is 0 Å². The number of non-ortho nitro benzene ring substituents is 1. The van der Waals surface area contributed by atoms with Crippen molar-refractivity contribution in [2.45, 2.75) is 6.42 Å². The smallest absolute Gasteiger partial charge is 0.258 e. The van der Waals surface area contributed by atoms with Gasteiger partial charge in [0.15, 0.2) is 0 Å². The largest absolute Gasteiger partial charge is 0.271 e. The standard InChI is InChI=1S/C10H8BrClN4O2/c11-4-3-7-6-15(14-13-7)10-2-1-8(16(17)18)5-9(10)12/h1-2,5-6H,3-4H2. The predicted molar refractivity (Wildman–Crippen MR) is 70.5 cm³/mol. The average Bonchev–Trinajstić information content (AvgIpc) is 2.77. The lowest BCUT2D eigenvalue weighted by molar-refractivity contribution is -0.384. The van der Waals surface area contributed by atoms with Crippen LogP contribution < -0.4 is 0 Å². The Bertz CT molecular complexity index is 587. The average molecular weight is 332 g/mol. The van der Waals surface area contributed by atoms with Crippen LogP contribution in [0.1, 0.15) is 5.69 Å². The summed E-state index contributed by atoms with van der Waals surface area (Å²) >= 11 is 9.31. The molecule has 0 fully saturated rings. The fraction of sp³-hybridized carbons (Fsp3) is 0.200. The van der Waals surface area contributed by atoms with Gasteiger partial charge in [-0.2, -0.15) is 0 Å². The Morgan fingerprint density at radius 1 is 1.50 bits per heavy atom. The molecule has 0 bridgehead atoms. The van der Waals surface area contributed by atoms with E-state index < -0.39 is 4.92 Å². The van der Waals surface area contributed by atoms with Crippen LogP contribution in [0.4, 0.5) is 5.69 Å². The van der Waals surface area contributed by atoms with Crippen molar-refractivity contribution >= 4 is 33.2 Å². The van der Waals surface area contributed by atoms with Crippen molar-refractivity contribution in [2.24, 2.45) is 0 Å². The molecule has 0 aliphatic carbocycles. The van der Waals surface area contributed by atoms with Crippen LogP contribution >= 0.6 is 27.5 Å². The van der Waals surface area contributed by atoms with E-state index in [4.69, 9.17) is 11.6 Å². The van der Waals surface area contributed by atoms with Crippen LogP contribution in [0.3, 0.4) is 0 Å².